The van der Waals surface area contributed by atoms with E-state index in [1.54, 1.807) is 36.4 Å². The van der Waals surface area contributed by atoms with E-state index in [1.165, 1.54) is 11.1 Å². The van der Waals surface area contributed by atoms with Crippen LogP contribution in [0.15, 0.2) is 42.6 Å². The Morgan fingerprint density at radius 3 is 2.56 bits per heavy atom. The number of hydrogen-bond acceptors (Lipinski definition) is 3. The van der Waals surface area contributed by atoms with E-state index in [0.29, 0.717) is 33.8 Å². The van der Waals surface area contributed by atoms with Gasteiger partial charge in [-0.15, -0.1) is 0 Å². The van der Waals surface area contributed by atoms with Crippen LogP contribution in [-0.4, -0.2) is 32.7 Å². The van der Waals surface area contributed by atoms with Crippen molar-refractivity contribution < 1.29 is 15.0 Å². The summed E-state index contributed by atoms with van der Waals surface area (Å²) in [6.45, 7) is 0.363. The highest BCUT2D eigenvalue weighted by atomic mass is 35.5. The Balaban J connectivity index is 2.00. The first-order chi connectivity index (χ1) is 12.0. The first-order valence-electron chi connectivity index (χ1n) is 8.00. The number of aliphatic hydroxyl groups excluding tert-OH is 1. The van der Waals surface area contributed by atoms with Gasteiger partial charge in [-0.05, 0) is 48.6 Å². The maximum Gasteiger partial charge on any atom is 0.407 e. The Morgan fingerprint density at radius 2 is 2.00 bits per heavy atom. The van der Waals surface area contributed by atoms with E-state index >= 15 is 0 Å². The number of carbonyl (C=O) groups is 1. The van der Waals surface area contributed by atoms with Crippen molar-refractivity contribution in [1.29, 1.82) is 0 Å². The van der Waals surface area contributed by atoms with Crippen molar-refractivity contribution in [1.82, 2.24) is 9.88 Å². The molecule has 0 radical (unpaired) electrons. The number of pyridine rings is 1. The summed E-state index contributed by atoms with van der Waals surface area (Å²) in [4.78, 5) is 17.4. The maximum absolute atomic E-state index is 11.9. The van der Waals surface area contributed by atoms with Crippen LogP contribution in [0.3, 0.4) is 0 Å². The third kappa shape index (κ3) is 4.42. The zero-order valence-electron chi connectivity index (χ0n) is 13.3. The summed E-state index contributed by atoms with van der Waals surface area (Å²) in [5, 5.41) is 21.6. The van der Waals surface area contributed by atoms with Crippen LogP contribution in [0.2, 0.25) is 10.0 Å². The summed E-state index contributed by atoms with van der Waals surface area (Å²) < 4.78 is 0. The van der Waals surface area contributed by atoms with Crippen molar-refractivity contribution in [3.05, 3.63) is 63.9 Å². The molecule has 1 saturated carbocycles. The Labute approximate surface area is 155 Å². The molecule has 1 amide bonds. The second kappa shape index (κ2) is 7.60. The number of aromatic nitrogens is 1. The lowest BCUT2D eigenvalue weighted by atomic mass is 9.97. The second-order valence-corrected chi connectivity index (χ2v) is 7.10. The summed E-state index contributed by atoms with van der Waals surface area (Å²) in [5.41, 5.74) is 0.983. The molecule has 5 nitrogen and oxygen atoms in total. The molecular formula is C18H18Cl2N2O3. The van der Waals surface area contributed by atoms with Gasteiger partial charge in [0.05, 0.1) is 10.7 Å². The fraction of sp³-hybridized carbons (Fsp3) is 0.333. The first-order valence-corrected chi connectivity index (χ1v) is 8.76. The summed E-state index contributed by atoms with van der Waals surface area (Å²) >= 11 is 11.9. The van der Waals surface area contributed by atoms with Crippen molar-refractivity contribution in [3.8, 4) is 0 Å². The molecule has 7 heteroatoms. The predicted molar refractivity (Wildman–Crippen MR) is 95.9 cm³/mol. The van der Waals surface area contributed by atoms with Gasteiger partial charge in [-0.1, -0.05) is 35.3 Å². The molecule has 0 unspecified atom stereocenters. The average Bonchev–Trinajstić information content (AvgIpc) is 3.39. The van der Waals surface area contributed by atoms with Crippen LogP contribution in [0.25, 0.3) is 0 Å². The Morgan fingerprint density at radius 1 is 1.24 bits per heavy atom. The van der Waals surface area contributed by atoms with Gasteiger partial charge in [0, 0.05) is 17.8 Å². The number of amides is 1. The number of hydrogen-bond donors (Lipinski definition) is 2. The van der Waals surface area contributed by atoms with Crippen molar-refractivity contribution >= 4 is 29.3 Å². The average molecular weight is 381 g/mol. The van der Waals surface area contributed by atoms with E-state index in [9.17, 15) is 15.0 Å². The molecule has 132 valence electrons. The summed E-state index contributed by atoms with van der Waals surface area (Å²) in [6.07, 6.45) is 1.26. The lowest BCUT2D eigenvalue weighted by molar-refractivity contribution is 0.0423. The zero-order valence-corrected chi connectivity index (χ0v) is 14.9. The molecule has 1 aliphatic rings. The minimum absolute atomic E-state index is 0.331. The number of rotatable bonds is 6. The lowest BCUT2D eigenvalue weighted by Gasteiger charge is -2.33. The van der Waals surface area contributed by atoms with Gasteiger partial charge in [-0.3, -0.25) is 9.88 Å². The van der Waals surface area contributed by atoms with Gasteiger partial charge in [-0.25, -0.2) is 4.79 Å². The second-order valence-electron chi connectivity index (χ2n) is 6.22. The van der Waals surface area contributed by atoms with Gasteiger partial charge in [0.25, 0.3) is 0 Å². The highest BCUT2D eigenvalue weighted by molar-refractivity contribution is 6.30. The van der Waals surface area contributed by atoms with Crippen molar-refractivity contribution in [3.63, 3.8) is 0 Å². The molecule has 1 aromatic heterocycles. The summed E-state index contributed by atoms with van der Waals surface area (Å²) in [7, 11) is 0. The molecule has 1 heterocycles. The fourth-order valence-corrected chi connectivity index (χ4v) is 3.13. The van der Waals surface area contributed by atoms with Crippen LogP contribution in [0.4, 0.5) is 4.79 Å². The molecule has 1 fully saturated rings. The standard InChI is InChI=1S/C18H18Cl2N2O3/c19-13-3-1-2-12(8-13)17(23)16(15-7-6-14(20)9-21-15)22(18(24)25)10-11-4-5-11/h1-3,6-9,11,16-17,23H,4-5,10H2,(H,24,25)/t16-,17+/m0/s1. The van der Waals surface area contributed by atoms with Crippen LogP contribution < -0.4 is 0 Å². The molecule has 2 N–H and O–H groups in total. The van der Waals surface area contributed by atoms with E-state index in [-0.39, 0.29) is 0 Å². The van der Waals surface area contributed by atoms with Crippen LogP contribution in [0, 0.1) is 5.92 Å². The molecular weight excluding hydrogens is 363 g/mol. The van der Waals surface area contributed by atoms with Gasteiger partial charge >= 0.3 is 6.09 Å². The van der Waals surface area contributed by atoms with Gasteiger partial charge in [0.1, 0.15) is 12.1 Å². The largest absolute Gasteiger partial charge is 0.465 e. The minimum Gasteiger partial charge on any atom is -0.465 e. The molecule has 0 spiro atoms. The number of carboxylic acid groups (broad SMARTS) is 1. The SMILES string of the molecule is O=C(O)N(CC1CC1)[C@@H](c1ccc(Cl)cn1)[C@H](O)c1cccc(Cl)c1. The molecule has 0 saturated heterocycles. The van der Waals surface area contributed by atoms with Crippen LogP contribution >= 0.6 is 23.2 Å². The number of benzene rings is 1. The van der Waals surface area contributed by atoms with E-state index in [1.807, 2.05) is 0 Å². The predicted octanol–water partition coefficient (Wildman–Crippen LogP) is 4.55. The van der Waals surface area contributed by atoms with Crippen LogP contribution in [-0.2, 0) is 0 Å². The van der Waals surface area contributed by atoms with E-state index < -0.39 is 18.2 Å². The molecule has 2 atom stereocenters. The van der Waals surface area contributed by atoms with Gasteiger partial charge < -0.3 is 10.2 Å². The molecule has 0 aliphatic heterocycles. The first kappa shape index (κ1) is 18.0. The number of halogens is 2. The highest BCUT2D eigenvalue weighted by Crippen LogP contribution is 2.38. The molecule has 1 aliphatic carbocycles. The van der Waals surface area contributed by atoms with Gasteiger partial charge in [-0.2, -0.15) is 0 Å². The Kier molecular flexibility index (Phi) is 5.47. The molecule has 2 aromatic rings. The van der Waals surface area contributed by atoms with Crippen molar-refractivity contribution in [2.75, 3.05) is 6.54 Å². The monoisotopic (exact) mass is 380 g/mol. The van der Waals surface area contributed by atoms with Gasteiger partial charge in [0.2, 0.25) is 0 Å². The van der Waals surface area contributed by atoms with E-state index in [2.05, 4.69) is 4.98 Å². The quantitative estimate of drug-likeness (QED) is 0.770. The van der Waals surface area contributed by atoms with Gasteiger partial charge in [0.15, 0.2) is 0 Å². The Bertz CT molecular complexity index is 750. The molecule has 0 bridgehead atoms. The number of nitrogens with zero attached hydrogens (tertiary/aromatic N) is 2. The van der Waals surface area contributed by atoms with Crippen LogP contribution in [0.1, 0.15) is 36.2 Å². The zero-order chi connectivity index (χ0) is 18.0. The summed E-state index contributed by atoms with van der Waals surface area (Å²) in [6, 6.07) is 9.21. The summed E-state index contributed by atoms with van der Waals surface area (Å²) in [5.74, 6) is 0.331. The minimum atomic E-state index is -1.10. The molecule has 25 heavy (non-hydrogen) atoms. The smallest absolute Gasteiger partial charge is 0.407 e. The molecule has 1 aromatic carbocycles. The fourth-order valence-electron chi connectivity index (χ4n) is 2.82. The lowest BCUT2D eigenvalue weighted by Crippen LogP contribution is -2.39. The van der Waals surface area contributed by atoms with E-state index in [0.717, 1.165) is 12.8 Å². The van der Waals surface area contributed by atoms with E-state index in [4.69, 9.17) is 23.2 Å². The number of aliphatic hydroxyl groups is 1. The maximum atomic E-state index is 11.9. The molecule has 3 rings (SSSR count). The van der Waals surface area contributed by atoms with Crippen molar-refractivity contribution in [2.45, 2.75) is 25.0 Å². The third-order valence-electron chi connectivity index (χ3n) is 4.28. The van der Waals surface area contributed by atoms with Crippen molar-refractivity contribution in [2.24, 2.45) is 5.92 Å². The Hall–Kier alpha value is -1.82. The highest BCUT2D eigenvalue weighted by Gasteiger charge is 2.37. The topological polar surface area (TPSA) is 73.7 Å². The normalized spacial score (nSPS) is 16.3. The van der Waals surface area contributed by atoms with Crippen LogP contribution in [0.5, 0.6) is 0 Å². The third-order valence-corrected chi connectivity index (χ3v) is 4.73.